The van der Waals surface area contributed by atoms with Crippen LogP contribution < -0.4 is 9.47 Å². The average Bonchev–Trinajstić information content (AvgIpc) is 3.09. The molecule has 1 atom stereocenters. The Kier molecular flexibility index (Phi) is 5.83. The van der Waals surface area contributed by atoms with Gasteiger partial charge in [-0.05, 0) is 49.7 Å². The smallest absolute Gasteiger partial charge is 0.262 e. The minimum Gasteiger partial charge on any atom is -0.487 e. The minimum absolute atomic E-state index is 0.219. The minimum atomic E-state index is -3.61. The number of aryl methyl sites for hydroxylation is 1. The Morgan fingerprint density at radius 1 is 1.26 bits per heavy atom. The highest BCUT2D eigenvalue weighted by atomic mass is 35.5. The maximum atomic E-state index is 13.1. The van der Waals surface area contributed by atoms with Crippen LogP contribution in [0.25, 0.3) is 6.08 Å². The first-order valence-corrected chi connectivity index (χ1v) is 12.3. The van der Waals surface area contributed by atoms with Crippen LogP contribution in [-0.4, -0.2) is 36.6 Å². The second-order valence-corrected chi connectivity index (χ2v) is 10.8. The van der Waals surface area contributed by atoms with Gasteiger partial charge >= 0.3 is 0 Å². The van der Waals surface area contributed by atoms with Crippen molar-refractivity contribution in [1.82, 2.24) is 9.46 Å². The summed E-state index contributed by atoms with van der Waals surface area (Å²) in [6.45, 7) is 8.39. The number of sulfonamides is 1. The SMILES string of the molecule is CCN(CC)S(=O)(=O)c1ccc2c(c1)[C@@H](Oc1noc3c1C=C(Cl)CC3)CC(C)(C)O2. The largest absolute Gasteiger partial charge is 0.487 e. The van der Waals surface area contributed by atoms with Crippen LogP contribution in [0.15, 0.2) is 32.6 Å². The third kappa shape index (κ3) is 4.21. The fourth-order valence-corrected chi connectivity index (χ4v) is 5.76. The van der Waals surface area contributed by atoms with Gasteiger partial charge in [0.1, 0.15) is 23.2 Å². The summed E-state index contributed by atoms with van der Waals surface area (Å²) in [5, 5.41) is 4.83. The van der Waals surface area contributed by atoms with E-state index in [9.17, 15) is 8.42 Å². The zero-order chi connectivity index (χ0) is 22.4. The lowest BCUT2D eigenvalue weighted by Gasteiger charge is -2.37. The lowest BCUT2D eigenvalue weighted by molar-refractivity contribution is 0.0189. The standard InChI is InChI=1S/C22H27ClN2O5S/c1-5-25(6-2)31(26,27)15-8-10-18-16(12-15)20(13-22(3,4)29-18)28-21-17-11-14(23)7-9-19(17)30-24-21/h8,10-12,20H,5-7,9,13H2,1-4H3/t20-/m0/s1. The van der Waals surface area contributed by atoms with Crippen LogP contribution >= 0.6 is 11.6 Å². The predicted molar refractivity (Wildman–Crippen MR) is 118 cm³/mol. The Balaban J connectivity index is 1.74. The van der Waals surface area contributed by atoms with Crippen LogP contribution in [0.1, 0.15) is 63.5 Å². The number of ether oxygens (including phenoxy) is 2. The van der Waals surface area contributed by atoms with Crippen molar-refractivity contribution in [2.24, 2.45) is 0 Å². The van der Waals surface area contributed by atoms with Crippen molar-refractivity contribution >= 4 is 27.7 Å². The molecule has 1 aliphatic heterocycles. The molecule has 2 aliphatic rings. The molecular weight excluding hydrogens is 440 g/mol. The first-order chi connectivity index (χ1) is 14.6. The maximum absolute atomic E-state index is 13.1. The van der Waals surface area contributed by atoms with Gasteiger partial charge in [-0.2, -0.15) is 4.31 Å². The molecule has 1 aliphatic carbocycles. The van der Waals surface area contributed by atoms with E-state index in [4.69, 9.17) is 25.6 Å². The highest BCUT2D eigenvalue weighted by molar-refractivity contribution is 7.89. The van der Waals surface area contributed by atoms with E-state index in [0.717, 1.165) is 16.4 Å². The second-order valence-electron chi connectivity index (χ2n) is 8.38. The number of hydrogen-bond acceptors (Lipinski definition) is 6. The molecule has 9 heteroatoms. The summed E-state index contributed by atoms with van der Waals surface area (Å²) in [4.78, 5) is 0.219. The number of hydrogen-bond donors (Lipinski definition) is 0. The number of fused-ring (bicyclic) bond motifs is 2. The van der Waals surface area contributed by atoms with E-state index in [-0.39, 0.29) is 4.90 Å². The number of rotatable bonds is 6. The lowest BCUT2D eigenvalue weighted by Crippen LogP contribution is -2.37. The number of halogens is 1. The van der Waals surface area contributed by atoms with Crippen molar-refractivity contribution in [1.29, 1.82) is 0 Å². The van der Waals surface area contributed by atoms with E-state index in [2.05, 4.69) is 5.16 Å². The summed E-state index contributed by atoms with van der Waals surface area (Å²) in [6, 6.07) is 4.95. The maximum Gasteiger partial charge on any atom is 0.262 e. The van der Waals surface area contributed by atoms with E-state index < -0.39 is 21.7 Å². The van der Waals surface area contributed by atoms with Gasteiger partial charge in [-0.15, -0.1) is 0 Å². The normalized spacial score (nSPS) is 19.9. The van der Waals surface area contributed by atoms with Gasteiger partial charge in [0.15, 0.2) is 0 Å². The Labute approximate surface area is 188 Å². The summed E-state index contributed by atoms with van der Waals surface area (Å²) >= 11 is 6.22. The molecule has 0 amide bonds. The third-order valence-electron chi connectivity index (χ3n) is 5.65. The Hall–Kier alpha value is -2.03. The van der Waals surface area contributed by atoms with Crippen molar-refractivity contribution in [3.05, 3.63) is 40.1 Å². The quantitative estimate of drug-likeness (QED) is 0.601. The van der Waals surface area contributed by atoms with Crippen molar-refractivity contribution in [3.63, 3.8) is 0 Å². The van der Waals surface area contributed by atoms with Gasteiger partial charge in [0.2, 0.25) is 10.0 Å². The van der Waals surface area contributed by atoms with E-state index in [1.807, 2.05) is 33.8 Å². The number of aromatic nitrogens is 1. The van der Waals surface area contributed by atoms with Gasteiger partial charge in [-0.3, -0.25) is 0 Å². The molecular formula is C22H27ClN2O5S. The lowest BCUT2D eigenvalue weighted by atomic mass is 9.91. The van der Waals surface area contributed by atoms with Gasteiger partial charge in [0.25, 0.3) is 5.88 Å². The van der Waals surface area contributed by atoms with E-state index in [0.29, 0.717) is 49.5 Å². The summed E-state index contributed by atoms with van der Waals surface area (Å²) in [6.07, 6.45) is 3.27. The molecule has 0 N–H and O–H groups in total. The molecule has 2 aromatic rings. The Morgan fingerprint density at radius 2 is 2.00 bits per heavy atom. The highest BCUT2D eigenvalue weighted by Gasteiger charge is 2.37. The van der Waals surface area contributed by atoms with Crippen molar-refractivity contribution in [2.45, 2.75) is 63.6 Å². The molecule has 4 rings (SSSR count). The van der Waals surface area contributed by atoms with Gasteiger partial charge in [0.05, 0.1) is 10.5 Å². The summed E-state index contributed by atoms with van der Waals surface area (Å²) in [7, 11) is -3.61. The number of nitrogens with zero attached hydrogens (tertiary/aromatic N) is 2. The second kappa shape index (κ2) is 8.15. The van der Waals surface area contributed by atoms with Crippen LogP contribution in [0.2, 0.25) is 0 Å². The molecule has 1 aromatic carbocycles. The summed E-state index contributed by atoms with van der Waals surface area (Å²) < 4.78 is 45.4. The first kappa shape index (κ1) is 22.2. The average molecular weight is 467 g/mol. The molecule has 0 unspecified atom stereocenters. The van der Waals surface area contributed by atoms with Crippen LogP contribution in [0.3, 0.4) is 0 Å². The van der Waals surface area contributed by atoms with Gasteiger partial charge in [0, 0.05) is 36.5 Å². The molecule has 0 saturated heterocycles. The zero-order valence-corrected chi connectivity index (χ0v) is 19.7. The molecule has 0 spiro atoms. The fourth-order valence-electron chi connectivity index (χ4n) is 4.06. The van der Waals surface area contributed by atoms with E-state index in [1.54, 1.807) is 18.2 Å². The van der Waals surface area contributed by atoms with E-state index in [1.165, 1.54) is 4.31 Å². The molecule has 1 aromatic heterocycles. The Bertz CT molecular complexity index is 1120. The Morgan fingerprint density at radius 3 is 2.71 bits per heavy atom. The monoisotopic (exact) mass is 466 g/mol. The van der Waals surface area contributed by atoms with Crippen molar-refractivity contribution < 1.29 is 22.4 Å². The molecule has 0 saturated carbocycles. The molecule has 0 fully saturated rings. The molecule has 0 bridgehead atoms. The van der Waals surface area contributed by atoms with Gasteiger partial charge < -0.3 is 14.0 Å². The number of allylic oxidation sites excluding steroid dienone is 1. The number of benzene rings is 1. The van der Waals surface area contributed by atoms with Crippen molar-refractivity contribution in [3.8, 4) is 11.6 Å². The molecule has 0 radical (unpaired) electrons. The van der Waals surface area contributed by atoms with Gasteiger partial charge in [-0.25, -0.2) is 8.42 Å². The topological polar surface area (TPSA) is 81.9 Å². The fraction of sp³-hybridized carbons (Fsp3) is 0.500. The molecule has 31 heavy (non-hydrogen) atoms. The molecule has 168 valence electrons. The third-order valence-corrected chi connectivity index (χ3v) is 7.99. The van der Waals surface area contributed by atoms with Gasteiger partial charge in [-0.1, -0.05) is 25.4 Å². The summed E-state index contributed by atoms with van der Waals surface area (Å²) in [5.74, 6) is 1.70. The van der Waals surface area contributed by atoms with Crippen LogP contribution in [0.4, 0.5) is 0 Å². The van der Waals surface area contributed by atoms with Crippen LogP contribution in [0, 0.1) is 0 Å². The summed E-state index contributed by atoms with van der Waals surface area (Å²) in [5.41, 5.74) is 0.929. The highest BCUT2D eigenvalue weighted by Crippen LogP contribution is 2.44. The molecule has 7 nitrogen and oxygen atoms in total. The molecule has 2 heterocycles. The van der Waals surface area contributed by atoms with Crippen molar-refractivity contribution in [2.75, 3.05) is 13.1 Å². The predicted octanol–water partition coefficient (Wildman–Crippen LogP) is 4.91. The first-order valence-electron chi connectivity index (χ1n) is 10.5. The van der Waals surface area contributed by atoms with E-state index >= 15 is 0 Å². The van der Waals surface area contributed by atoms with Crippen LogP contribution in [-0.2, 0) is 16.4 Å². The van der Waals surface area contributed by atoms with Crippen LogP contribution in [0.5, 0.6) is 11.6 Å². The zero-order valence-electron chi connectivity index (χ0n) is 18.1.